The number of hydrogen-bond donors (Lipinski definition) is 0. The maximum atomic E-state index is 12.9. The maximum Gasteiger partial charge on any atom is 0.257 e. The lowest BCUT2D eigenvalue weighted by Gasteiger charge is -2.43. The molecule has 0 bridgehead atoms. The van der Waals surface area contributed by atoms with E-state index in [2.05, 4.69) is 30.7 Å². The lowest BCUT2D eigenvalue weighted by Crippen LogP contribution is -2.59. The van der Waals surface area contributed by atoms with Crippen molar-refractivity contribution in [2.45, 2.75) is 38.1 Å². The fourth-order valence-corrected chi connectivity index (χ4v) is 2.95. The minimum absolute atomic E-state index is 0.0331. The Hall–Kier alpha value is -1.53. The third-order valence-corrected chi connectivity index (χ3v) is 4.30. The van der Waals surface area contributed by atoms with E-state index in [1.807, 2.05) is 4.90 Å². The first-order valence-corrected chi connectivity index (χ1v) is 7.72. The fraction of sp³-hybridized carbons (Fsp3) is 0.688. The standard InChI is InChI=1S/C16H23N3O3/c1-15(2,3)14-17-8-12(9-18-14)13(20)19-5-7-22-11-16(19)4-6-21-10-16/h8-9H,4-7,10-11H2,1-3H3. The first-order valence-electron chi connectivity index (χ1n) is 7.72. The van der Waals surface area contributed by atoms with Gasteiger partial charge in [-0.05, 0) is 6.42 Å². The van der Waals surface area contributed by atoms with Crippen LogP contribution in [0.1, 0.15) is 43.4 Å². The van der Waals surface area contributed by atoms with Crippen LogP contribution in [0.15, 0.2) is 12.4 Å². The number of aromatic nitrogens is 2. The predicted octanol–water partition coefficient (Wildman–Crippen LogP) is 1.41. The van der Waals surface area contributed by atoms with Gasteiger partial charge in [0.25, 0.3) is 5.91 Å². The molecule has 3 heterocycles. The van der Waals surface area contributed by atoms with E-state index in [9.17, 15) is 4.79 Å². The third-order valence-electron chi connectivity index (χ3n) is 4.30. The molecule has 0 radical (unpaired) electrons. The zero-order valence-electron chi connectivity index (χ0n) is 13.5. The van der Waals surface area contributed by atoms with E-state index in [1.165, 1.54) is 0 Å². The minimum atomic E-state index is -0.321. The monoisotopic (exact) mass is 305 g/mol. The van der Waals surface area contributed by atoms with Crippen LogP contribution in [-0.4, -0.2) is 59.3 Å². The summed E-state index contributed by atoms with van der Waals surface area (Å²) < 4.78 is 11.1. The molecule has 0 N–H and O–H groups in total. The molecule has 2 aliphatic heterocycles. The molecule has 6 nitrogen and oxygen atoms in total. The average Bonchev–Trinajstić information content (AvgIpc) is 2.95. The van der Waals surface area contributed by atoms with Gasteiger partial charge >= 0.3 is 0 Å². The second kappa shape index (κ2) is 5.59. The summed E-state index contributed by atoms with van der Waals surface area (Å²) in [5.41, 5.74) is 0.0835. The number of amides is 1. The van der Waals surface area contributed by atoms with Crippen molar-refractivity contribution in [3.05, 3.63) is 23.8 Å². The van der Waals surface area contributed by atoms with Crippen LogP contribution in [0, 0.1) is 0 Å². The Bertz CT molecular complexity index is 545. The maximum absolute atomic E-state index is 12.9. The van der Waals surface area contributed by atoms with Gasteiger partial charge in [0.1, 0.15) is 5.82 Å². The van der Waals surface area contributed by atoms with Gasteiger partial charge in [-0.25, -0.2) is 9.97 Å². The molecule has 1 atom stereocenters. The van der Waals surface area contributed by atoms with Crippen LogP contribution in [0.4, 0.5) is 0 Å². The van der Waals surface area contributed by atoms with Crippen molar-refractivity contribution in [2.75, 3.05) is 33.0 Å². The highest BCUT2D eigenvalue weighted by molar-refractivity contribution is 5.94. The predicted molar refractivity (Wildman–Crippen MR) is 80.8 cm³/mol. The molecule has 1 amide bonds. The topological polar surface area (TPSA) is 64.6 Å². The number of nitrogens with zero attached hydrogens (tertiary/aromatic N) is 3. The zero-order chi connectivity index (χ0) is 15.8. The Balaban J connectivity index is 1.83. The van der Waals surface area contributed by atoms with E-state index >= 15 is 0 Å². The molecule has 2 saturated heterocycles. The van der Waals surface area contributed by atoms with Crippen molar-refractivity contribution in [1.82, 2.24) is 14.9 Å². The summed E-state index contributed by atoms with van der Waals surface area (Å²) in [4.78, 5) is 23.5. The van der Waals surface area contributed by atoms with Gasteiger partial charge in [0.05, 0.1) is 30.9 Å². The lowest BCUT2D eigenvalue weighted by atomic mass is 9.94. The van der Waals surface area contributed by atoms with Gasteiger partial charge in [-0.15, -0.1) is 0 Å². The van der Waals surface area contributed by atoms with Gasteiger partial charge in [0.2, 0.25) is 0 Å². The summed E-state index contributed by atoms with van der Waals surface area (Å²) in [5, 5.41) is 0. The van der Waals surface area contributed by atoms with Gasteiger partial charge < -0.3 is 14.4 Å². The summed E-state index contributed by atoms with van der Waals surface area (Å²) in [5.74, 6) is 0.708. The van der Waals surface area contributed by atoms with Crippen LogP contribution >= 0.6 is 0 Å². The van der Waals surface area contributed by atoms with E-state index in [4.69, 9.17) is 9.47 Å². The number of morpholine rings is 1. The molecular weight excluding hydrogens is 282 g/mol. The van der Waals surface area contributed by atoms with Crippen molar-refractivity contribution >= 4 is 5.91 Å². The number of hydrogen-bond acceptors (Lipinski definition) is 5. The molecular formula is C16H23N3O3. The Morgan fingerprint density at radius 1 is 1.18 bits per heavy atom. The molecule has 1 aromatic heterocycles. The highest BCUT2D eigenvalue weighted by Gasteiger charge is 2.45. The van der Waals surface area contributed by atoms with Crippen LogP contribution in [0.5, 0.6) is 0 Å². The number of carbonyl (C=O) groups excluding carboxylic acids is 1. The van der Waals surface area contributed by atoms with Crippen LogP contribution in [0.3, 0.4) is 0 Å². The van der Waals surface area contributed by atoms with Crippen LogP contribution < -0.4 is 0 Å². The van der Waals surface area contributed by atoms with E-state index in [0.717, 1.165) is 12.2 Å². The molecule has 2 aliphatic rings. The largest absolute Gasteiger partial charge is 0.379 e. The van der Waals surface area contributed by atoms with Gasteiger partial charge in [-0.3, -0.25) is 4.79 Å². The summed E-state index contributed by atoms with van der Waals surface area (Å²) in [6.07, 6.45) is 4.09. The first-order chi connectivity index (χ1) is 10.4. The van der Waals surface area contributed by atoms with Gasteiger partial charge in [-0.2, -0.15) is 0 Å². The number of rotatable bonds is 1. The molecule has 6 heteroatoms. The minimum Gasteiger partial charge on any atom is -0.379 e. The van der Waals surface area contributed by atoms with E-state index < -0.39 is 0 Å². The summed E-state index contributed by atoms with van der Waals surface area (Å²) in [7, 11) is 0. The normalized spacial score (nSPS) is 25.7. The molecule has 3 rings (SSSR count). The Labute approximate surface area is 130 Å². The SMILES string of the molecule is CC(C)(C)c1ncc(C(=O)N2CCOCC23CCOC3)cn1. The smallest absolute Gasteiger partial charge is 0.257 e. The lowest BCUT2D eigenvalue weighted by molar-refractivity contribution is -0.0551. The van der Waals surface area contributed by atoms with E-state index in [1.54, 1.807) is 12.4 Å². The second-order valence-electron chi connectivity index (χ2n) is 7.08. The highest BCUT2D eigenvalue weighted by atomic mass is 16.5. The molecule has 0 aromatic carbocycles. The Kier molecular flexibility index (Phi) is 3.91. The highest BCUT2D eigenvalue weighted by Crippen LogP contribution is 2.30. The molecule has 1 unspecified atom stereocenters. The summed E-state index contributed by atoms with van der Waals surface area (Å²) >= 11 is 0. The molecule has 120 valence electrons. The molecule has 0 aliphatic carbocycles. The van der Waals surface area contributed by atoms with Gasteiger partial charge in [0, 0.05) is 31.0 Å². The summed E-state index contributed by atoms with van der Waals surface area (Å²) in [6, 6.07) is 0. The summed E-state index contributed by atoms with van der Waals surface area (Å²) in [6.45, 7) is 9.06. The van der Waals surface area contributed by atoms with E-state index in [-0.39, 0.29) is 16.9 Å². The van der Waals surface area contributed by atoms with Crippen molar-refractivity contribution in [3.8, 4) is 0 Å². The van der Waals surface area contributed by atoms with Gasteiger partial charge in [-0.1, -0.05) is 20.8 Å². The van der Waals surface area contributed by atoms with Gasteiger partial charge in [0.15, 0.2) is 0 Å². The molecule has 1 spiro atoms. The van der Waals surface area contributed by atoms with Crippen molar-refractivity contribution in [2.24, 2.45) is 0 Å². The van der Waals surface area contributed by atoms with E-state index in [0.29, 0.717) is 38.5 Å². The van der Waals surface area contributed by atoms with Crippen LogP contribution in [0.25, 0.3) is 0 Å². The van der Waals surface area contributed by atoms with Crippen LogP contribution in [0.2, 0.25) is 0 Å². The second-order valence-corrected chi connectivity index (χ2v) is 7.08. The molecule has 2 fully saturated rings. The first kappa shape index (κ1) is 15.4. The van der Waals surface area contributed by atoms with Crippen molar-refractivity contribution in [1.29, 1.82) is 0 Å². The van der Waals surface area contributed by atoms with Crippen molar-refractivity contribution < 1.29 is 14.3 Å². The van der Waals surface area contributed by atoms with Crippen molar-refractivity contribution in [3.63, 3.8) is 0 Å². The quantitative estimate of drug-likeness (QED) is 0.785. The Morgan fingerprint density at radius 3 is 2.41 bits per heavy atom. The number of carbonyl (C=O) groups is 1. The Morgan fingerprint density at radius 2 is 1.82 bits per heavy atom. The molecule has 0 saturated carbocycles. The average molecular weight is 305 g/mol. The number of ether oxygens (including phenoxy) is 2. The van der Waals surface area contributed by atoms with Crippen LogP contribution in [-0.2, 0) is 14.9 Å². The fourth-order valence-electron chi connectivity index (χ4n) is 2.95. The third kappa shape index (κ3) is 2.73. The molecule has 22 heavy (non-hydrogen) atoms. The molecule has 1 aromatic rings. The zero-order valence-corrected chi connectivity index (χ0v) is 13.5.